The van der Waals surface area contributed by atoms with E-state index in [4.69, 9.17) is 0 Å². The van der Waals surface area contributed by atoms with Crippen LogP contribution in [0.25, 0.3) is 0 Å². The van der Waals surface area contributed by atoms with E-state index in [-0.39, 0.29) is 10.6 Å². The third kappa shape index (κ3) is 3.24. The molecule has 6 nitrogen and oxygen atoms in total. The van der Waals surface area contributed by atoms with Crippen LogP contribution in [0.2, 0.25) is 0 Å². The molecule has 26 heavy (non-hydrogen) atoms. The van der Waals surface area contributed by atoms with E-state index < -0.39 is 0 Å². The maximum atomic E-state index is 11.6. The number of hydrogen-bond donors (Lipinski definition) is 0. The van der Waals surface area contributed by atoms with Gasteiger partial charge in [-0.2, -0.15) is 0 Å². The standard InChI is InChI=1S/C20H24N4O2/c1-21-10-12-22(13-11-21)18-6-7-19(24(25)26)20(14-18)23-9-8-16-4-2-3-5-17(16)15-23/h2-7,14H,8-13,15H2,1H3. The van der Waals surface area contributed by atoms with Gasteiger partial charge in [0.05, 0.1) is 4.92 Å². The molecule has 0 N–H and O–H groups in total. The quantitative estimate of drug-likeness (QED) is 0.628. The molecule has 0 unspecified atom stereocenters. The van der Waals surface area contributed by atoms with Crippen molar-refractivity contribution >= 4 is 17.1 Å². The van der Waals surface area contributed by atoms with E-state index in [0.717, 1.165) is 57.1 Å². The fourth-order valence-electron chi connectivity index (χ4n) is 3.88. The first-order valence-corrected chi connectivity index (χ1v) is 9.15. The Bertz CT molecular complexity index is 815. The van der Waals surface area contributed by atoms with Crippen molar-refractivity contribution in [2.24, 2.45) is 0 Å². The lowest BCUT2D eigenvalue weighted by Gasteiger charge is -2.35. The van der Waals surface area contributed by atoms with E-state index in [1.54, 1.807) is 6.07 Å². The molecule has 0 bridgehead atoms. The van der Waals surface area contributed by atoms with Crippen LogP contribution in [0.5, 0.6) is 0 Å². The second-order valence-electron chi connectivity index (χ2n) is 7.16. The van der Waals surface area contributed by atoms with Gasteiger partial charge in [-0.1, -0.05) is 24.3 Å². The Balaban J connectivity index is 1.65. The Morgan fingerprint density at radius 1 is 0.923 bits per heavy atom. The van der Waals surface area contributed by atoms with Gasteiger partial charge in [0.2, 0.25) is 0 Å². The van der Waals surface area contributed by atoms with E-state index in [2.05, 4.69) is 39.9 Å². The van der Waals surface area contributed by atoms with Gasteiger partial charge in [-0.15, -0.1) is 0 Å². The molecule has 6 heteroatoms. The number of anilines is 2. The van der Waals surface area contributed by atoms with Crippen LogP contribution in [0.4, 0.5) is 17.1 Å². The maximum Gasteiger partial charge on any atom is 0.292 e. The summed E-state index contributed by atoms with van der Waals surface area (Å²) in [6.45, 7) is 5.48. The molecule has 0 saturated carbocycles. The monoisotopic (exact) mass is 352 g/mol. The summed E-state index contributed by atoms with van der Waals surface area (Å²) in [7, 11) is 2.13. The highest BCUT2D eigenvalue weighted by Gasteiger charge is 2.25. The van der Waals surface area contributed by atoms with Gasteiger partial charge in [0, 0.05) is 51.0 Å². The first-order chi connectivity index (χ1) is 12.6. The molecule has 2 aliphatic heterocycles. The van der Waals surface area contributed by atoms with Crippen molar-refractivity contribution in [3.8, 4) is 0 Å². The molecule has 1 fully saturated rings. The highest BCUT2D eigenvalue weighted by Crippen LogP contribution is 2.35. The number of nitro groups is 1. The molecule has 0 spiro atoms. The first kappa shape index (κ1) is 16.8. The number of fused-ring (bicyclic) bond motifs is 1. The molecule has 0 aromatic heterocycles. The van der Waals surface area contributed by atoms with E-state index >= 15 is 0 Å². The number of hydrogen-bond acceptors (Lipinski definition) is 5. The lowest BCUT2D eigenvalue weighted by molar-refractivity contribution is -0.384. The molecule has 136 valence electrons. The molecule has 2 aromatic carbocycles. The summed E-state index contributed by atoms with van der Waals surface area (Å²) in [5.74, 6) is 0. The summed E-state index contributed by atoms with van der Waals surface area (Å²) < 4.78 is 0. The van der Waals surface area contributed by atoms with Gasteiger partial charge in [-0.3, -0.25) is 10.1 Å². The minimum Gasteiger partial charge on any atom is -0.369 e. The van der Waals surface area contributed by atoms with E-state index in [0.29, 0.717) is 0 Å². The molecule has 2 aromatic rings. The summed E-state index contributed by atoms with van der Waals surface area (Å²) in [6.07, 6.45) is 0.923. The summed E-state index contributed by atoms with van der Waals surface area (Å²) in [6, 6.07) is 14.0. The van der Waals surface area contributed by atoms with Crippen molar-refractivity contribution in [1.82, 2.24) is 4.90 Å². The first-order valence-electron chi connectivity index (χ1n) is 9.15. The smallest absolute Gasteiger partial charge is 0.292 e. The largest absolute Gasteiger partial charge is 0.369 e. The highest BCUT2D eigenvalue weighted by molar-refractivity contribution is 5.71. The van der Waals surface area contributed by atoms with Crippen LogP contribution in [-0.2, 0) is 13.0 Å². The fourth-order valence-corrected chi connectivity index (χ4v) is 3.88. The molecule has 0 amide bonds. The van der Waals surface area contributed by atoms with E-state index in [9.17, 15) is 10.1 Å². The maximum absolute atomic E-state index is 11.6. The van der Waals surface area contributed by atoms with Crippen LogP contribution in [0.1, 0.15) is 11.1 Å². The van der Waals surface area contributed by atoms with Crippen LogP contribution < -0.4 is 9.80 Å². The molecule has 4 rings (SSSR count). The highest BCUT2D eigenvalue weighted by atomic mass is 16.6. The molecule has 2 heterocycles. The van der Waals surface area contributed by atoms with Crippen molar-refractivity contribution in [2.75, 3.05) is 49.6 Å². The Morgan fingerprint density at radius 2 is 1.65 bits per heavy atom. The lowest BCUT2D eigenvalue weighted by Crippen LogP contribution is -2.44. The Morgan fingerprint density at radius 3 is 2.38 bits per heavy atom. The molecule has 0 aliphatic carbocycles. The van der Waals surface area contributed by atoms with Crippen molar-refractivity contribution in [3.63, 3.8) is 0 Å². The molecular formula is C20H24N4O2. The Hall–Kier alpha value is -2.60. The van der Waals surface area contributed by atoms with Gasteiger partial charge in [0.1, 0.15) is 5.69 Å². The normalized spacial score (nSPS) is 17.9. The van der Waals surface area contributed by atoms with Crippen molar-refractivity contribution in [3.05, 3.63) is 63.7 Å². The SMILES string of the molecule is CN1CCN(c2ccc([N+](=O)[O-])c(N3CCc4ccccc4C3)c2)CC1. The van der Waals surface area contributed by atoms with E-state index in [1.165, 1.54) is 11.1 Å². The Kier molecular flexibility index (Phi) is 4.51. The molecule has 2 aliphatic rings. The molecule has 0 atom stereocenters. The van der Waals surface area contributed by atoms with Crippen LogP contribution in [0.3, 0.4) is 0 Å². The molecule has 0 radical (unpaired) electrons. The zero-order valence-corrected chi connectivity index (χ0v) is 15.1. The minimum atomic E-state index is -0.260. The summed E-state index contributed by atoms with van der Waals surface area (Å²) in [5.41, 5.74) is 4.63. The Labute approximate surface area is 153 Å². The minimum absolute atomic E-state index is 0.197. The van der Waals surface area contributed by atoms with Crippen LogP contribution in [0.15, 0.2) is 42.5 Å². The van der Waals surface area contributed by atoms with Gasteiger partial charge < -0.3 is 14.7 Å². The van der Waals surface area contributed by atoms with Gasteiger partial charge in [-0.05, 0) is 36.7 Å². The van der Waals surface area contributed by atoms with Crippen LogP contribution in [0, 0.1) is 10.1 Å². The average molecular weight is 352 g/mol. The van der Waals surface area contributed by atoms with Gasteiger partial charge in [0.15, 0.2) is 0 Å². The second kappa shape index (κ2) is 6.96. The number of likely N-dealkylation sites (N-methyl/N-ethyl adjacent to an activating group) is 1. The second-order valence-corrected chi connectivity index (χ2v) is 7.16. The summed E-state index contributed by atoms with van der Waals surface area (Å²) in [4.78, 5) is 18.1. The van der Waals surface area contributed by atoms with Crippen LogP contribution in [-0.4, -0.2) is 49.6 Å². The third-order valence-electron chi connectivity index (χ3n) is 5.50. The predicted molar refractivity (Wildman–Crippen MR) is 104 cm³/mol. The van der Waals surface area contributed by atoms with Gasteiger partial charge in [-0.25, -0.2) is 0 Å². The lowest BCUT2D eigenvalue weighted by atomic mass is 9.99. The number of piperazine rings is 1. The summed E-state index contributed by atoms with van der Waals surface area (Å²) >= 11 is 0. The van der Waals surface area contributed by atoms with Crippen molar-refractivity contribution in [2.45, 2.75) is 13.0 Å². The van der Waals surface area contributed by atoms with E-state index in [1.807, 2.05) is 18.2 Å². The van der Waals surface area contributed by atoms with Crippen LogP contribution >= 0.6 is 0 Å². The average Bonchev–Trinajstić information content (AvgIpc) is 2.67. The van der Waals surface area contributed by atoms with Gasteiger partial charge >= 0.3 is 0 Å². The van der Waals surface area contributed by atoms with Gasteiger partial charge in [0.25, 0.3) is 5.69 Å². The molecular weight excluding hydrogens is 328 g/mol. The predicted octanol–water partition coefficient (Wildman–Crippen LogP) is 2.91. The number of rotatable bonds is 3. The van der Waals surface area contributed by atoms with Crippen molar-refractivity contribution in [1.29, 1.82) is 0 Å². The zero-order chi connectivity index (χ0) is 18.1. The van der Waals surface area contributed by atoms with Crippen molar-refractivity contribution < 1.29 is 4.92 Å². The number of nitrogens with zero attached hydrogens (tertiary/aromatic N) is 4. The topological polar surface area (TPSA) is 52.9 Å². The zero-order valence-electron chi connectivity index (χ0n) is 15.1. The molecule has 1 saturated heterocycles. The number of nitro benzene ring substituents is 1. The fraction of sp³-hybridized carbons (Fsp3) is 0.400. The number of benzene rings is 2. The summed E-state index contributed by atoms with van der Waals surface area (Å²) in [5, 5.41) is 11.6. The third-order valence-corrected chi connectivity index (χ3v) is 5.50.